The minimum absolute atomic E-state index is 0.156. The van der Waals surface area contributed by atoms with E-state index in [-0.39, 0.29) is 11.3 Å². The number of sulfonamides is 1. The number of nitrogens with zero attached hydrogens (tertiary/aromatic N) is 1. The Bertz CT molecular complexity index is 361. The van der Waals surface area contributed by atoms with Gasteiger partial charge in [-0.25, -0.2) is 12.7 Å². The fraction of sp³-hybridized carbons (Fsp3) is 1.00. The van der Waals surface area contributed by atoms with Gasteiger partial charge in [0.25, 0.3) is 0 Å². The van der Waals surface area contributed by atoms with Gasteiger partial charge in [-0.15, -0.1) is 0 Å². The molecule has 0 amide bonds. The highest BCUT2D eigenvalue weighted by Gasteiger charge is 2.37. The predicted molar refractivity (Wildman–Crippen MR) is 69.4 cm³/mol. The highest BCUT2D eigenvalue weighted by Crippen LogP contribution is 2.35. The molecule has 2 unspecified atom stereocenters. The quantitative estimate of drug-likeness (QED) is 0.748. The Morgan fingerprint density at radius 1 is 1.24 bits per heavy atom. The van der Waals surface area contributed by atoms with E-state index < -0.39 is 10.0 Å². The van der Waals surface area contributed by atoms with Gasteiger partial charge in [-0.2, -0.15) is 0 Å². The lowest BCUT2D eigenvalue weighted by molar-refractivity contribution is 0.352. The summed E-state index contributed by atoms with van der Waals surface area (Å²) in [4.78, 5) is 0. The Kier molecular flexibility index (Phi) is 3.80. The third kappa shape index (κ3) is 3.20. The zero-order valence-corrected chi connectivity index (χ0v) is 11.8. The summed E-state index contributed by atoms with van der Waals surface area (Å²) >= 11 is 0. The average molecular weight is 260 g/mol. The van der Waals surface area contributed by atoms with Crippen molar-refractivity contribution in [1.82, 2.24) is 9.62 Å². The van der Waals surface area contributed by atoms with E-state index in [1.807, 2.05) is 6.92 Å². The summed E-state index contributed by atoms with van der Waals surface area (Å²) in [6.45, 7) is 4.41. The van der Waals surface area contributed by atoms with Crippen LogP contribution in [0.2, 0.25) is 0 Å². The first-order valence-electron chi connectivity index (χ1n) is 6.63. The van der Waals surface area contributed by atoms with E-state index in [4.69, 9.17) is 0 Å². The van der Waals surface area contributed by atoms with Gasteiger partial charge < -0.3 is 5.32 Å². The van der Waals surface area contributed by atoms with Gasteiger partial charge in [0.15, 0.2) is 0 Å². The van der Waals surface area contributed by atoms with Crippen molar-refractivity contribution >= 4 is 10.0 Å². The third-order valence-electron chi connectivity index (χ3n) is 4.06. The monoisotopic (exact) mass is 260 g/mol. The Morgan fingerprint density at radius 2 is 1.82 bits per heavy atom. The minimum Gasteiger partial charge on any atom is -0.313 e. The topological polar surface area (TPSA) is 49.4 Å². The molecular weight excluding hydrogens is 236 g/mol. The summed E-state index contributed by atoms with van der Waals surface area (Å²) in [6, 6.07) is 0.724. The zero-order valence-electron chi connectivity index (χ0n) is 11.0. The van der Waals surface area contributed by atoms with Gasteiger partial charge in [-0.3, -0.25) is 0 Å². The zero-order chi connectivity index (χ0) is 12.6. The highest BCUT2D eigenvalue weighted by atomic mass is 32.2. The van der Waals surface area contributed by atoms with Crippen LogP contribution in [0.1, 0.15) is 39.5 Å². The molecule has 0 aliphatic heterocycles. The summed E-state index contributed by atoms with van der Waals surface area (Å²) < 4.78 is 26.2. The smallest absolute Gasteiger partial charge is 0.217 e. The number of nitrogens with one attached hydrogen (secondary N) is 1. The van der Waals surface area contributed by atoms with E-state index in [1.165, 1.54) is 25.7 Å². The number of hydrogen-bond acceptors (Lipinski definition) is 3. The SMILES string of the molecule is CC(C1CC1)N(C)S(=O)(=O)C(C)CNC1CC1. The minimum atomic E-state index is -3.14. The van der Waals surface area contributed by atoms with Crippen LogP contribution in [0.4, 0.5) is 0 Å². The first-order valence-corrected chi connectivity index (χ1v) is 8.13. The number of rotatable bonds is 7. The Hall–Kier alpha value is -0.130. The van der Waals surface area contributed by atoms with Gasteiger partial charge in [-0.1, -0.05) is 0 Å². The molecule has 0 aromatic carbocycles. The third-order valence-corrected chi connectivity index (χ3v) is 6.38. The lowest BCUT2D eigenvalue weighted by Gasteiger charge is -2.27. The molecule has 17 heavy (non-hydrogen) atoms. The maximum absolute atomic E-state index is 12.3. The van der Waals surface area contributed by atoms with E-state index in [1.54, 1.807) is 18.3 Å². The largest absolute Gasteiger partial charge is 0.313 e. The second-order valence-corrected chi connectivity index (χ2v) is 8.04. The van der Waals surface area contributed by atoms with Crippen LogP contribution in [0, 0.1) is 5.92 Å². The van der Waals surface area contributed by atoms with Crippen molar-refractivity contribution in [2.24, 2.45) is 5.92 Å². The van der Waals surface area contributed by atoms with Crippen LogP contribution in [0.5, 0.6) is 0 Å². The van der Waals surface area contributed by atoms with Crippen molar-refractivity contribution < 1.29 is 8.42 Å². The highest BCUT2D eigenvalue weighted by molar-refractivity contribution is 7.89. The molecule has 0 radical (unpaired) electrons. The molecule has 0 heterocycles. The van der Waals surface area contributed by atoms with Gasteiger partial charge in [0, 0.05) is 25.7 Å². The van der Waals surface area contributed by atoms with Gasteiger partial charge >= 0.3 is 0 Å². The molecule has 2 saturated carbocycles. The van der Waals surface area contributed by atoms with Crippen molar-refractivity contribution in [2.75, 3.05) is 13.6 Å². The van der Waals surface area contributed by atoms with E-state index in [0.29, 0.717) is 18.5 Å². The fourth-order valence-electron chi connectivity index (χ4n) is 2.12. The molecule has 0 aromatic heterocycles. The standard InChI is InChI=1S/C12H24N2O2S/c1-9(8-13-12-6-7-12)17(15,16)14(3)10(2)11-4-5-11/h9-13H,4-8H2,1-3H3. The molecule has 0 bridgehead atoms. The molecule has 2 atom stereocenters. The van der Waals surface area contributed by atoms with E-state index >= 15 is 0 Å². The summed E-state index contributed by atoms with van der Waals surface area (Å²) in [7, 11) is -1.41. The molecule has 5 heteroatoms. The van der Waals surface area contributed by atoms with Gasteiger partial charge in [0.05, 0.1) is 5.25 Å². The molecular formula is C12H24N2O2S. The van der Waals surface area contributed by atoms with Gasteiger partial charge in [0.2, 0.25) is 10.0 Å². The van der Waals surface area contributed by atoms with Crippen molar-refractivity contribution in [3.8, 4) is 0 Å². The average Bonchev–Trinajstić information content (AvgIpc) is 3.16. The van der Waals surface area contributed by atoms with E-state index in [2.05, 4.69) is 5.32 Å². The molecule has 1 N–H and O–H groups in total. The van der Waals surface area contributed by atoms with Crippen LogP contribution >= 0.6 is 0 Å². The Labute approximate surface area is 105 Å². The maximum atomic E-state index is 12.3. The second kappa shape index (κ2) is 4.86. The molecule has 0 spiro atoms. The molecule has 0 saturated heterocycles. The van der Waals surface area contributed by atoms with E-state index in [0.717, 1.165) is 0 Å². The maximum Gasteiger partial charge on any atom is 0.217 e. The fourth-order valence-corrected chi connectivity index (χ4v) is 3.63. The van der Waals surface area contributed by atoms with Crippen LogP contribution in [-0.4, -0.2) is 43.6 Å². The molecule has 4 nitrogen and oxygen atoms in total. The van der Waals surface area contributed by atoms with Gasteiger partial charge in [0.1, 0.15) is 0 Å². The molecule has 2 fully saturated rings. The van der Waals surface area contributed by atoms with Crippen LogP contribution in [-0.2, 0) is 10.0 Å². The predicted octanol–water partition coefficient (Wildman–Crippen LogP) is 1.19. The summed E-state index contributed by atoms with van der Waals surface area (Å²) in [5.74, 6) is 0.582. The summed E-state index contributed by atoms with van der Waals surface area (Å²) in [6.07, 6.45) is 4.74. The summed E-state index contributed by atoms with van der Waals surface area (Å²) in [5.41, 5.74) is 0. The van der Waals surface area contributed by atoms with Crippen LogP contribution < -0.4 is 5.32 Å². The lowest BCUT2D eigenvalue weighted by Crippen LogP contribution is -2.44. The molecule has 100 valence electrons. The molecule has 2 rings (SSSR count). The first-order chi connectivity index (χ1) is 7.93. The van der Waals surface area contributed by atoms with Crippen LogP contribution in [0.25, 0.3) is 0 Å². The summed E-state index contributed by atoms with van der Waals surface area (Å²) in [5, 5.41) is 2.97. The van der Waals surface area contributed by atoms with Gasteiger partial charge in [-0.05, 0) is 45.4 Å². The van der Waals surface area contributed by atoms with Crippen molar-refractivity contribution in [1.29, 1.82) is 0 Å². The van der Waals surface area contributed by atoms with E-state index in [9.17, 15) is 8.42 Å². The first kappa shape index (κ1) is 13.3. The Balaban J connectivity index is 1.89. The normalized spacial score (nSPS) is 24.9. The molecule has 2 aliphatic carbocycles. The van der Waals surface area contributed by atoms with Crippen molar-refractivity contribution in [3.63, 3.8) is 0 Å². The van der Waals surface area contributed by atoms with Crippen LogP contribution in [0.15, 0.2) is 0 Å². The number of hydrogen-bond donors (Lipinski definition) is 1. The second-order valence-electron chi connectivity index (χ2n) is 5.63. The van der Waals surface area contributed by atoms with Crippen molar-refractivity contribution in [3.05, 3.63) is 0 Å². The lowest BCUT2D eigenvalue weighted by atomic mass is 10.2. The van der Waals surface area contributed by atoms with Crippen LogP contribution in [0.3, 0.4) is 0 Å². The van der Waals surface area contributed by atoms with Crippen molar-refractivity contribution in [2.45, 2.75) is 56.9 Å². The molecule has 2 aliphatic rings. The Morgan fingerprint density at radius 3 is 2.29 bits per heavy atom. The molecule has 0 aromatic rings.